The van der Waals surface area contributed by atoms with Gasteiger partial charge >= 0.3 is 0 Å². The number of methoxy groups -OCH3 is 1. The Bertz CT molecular complexity index is 2190. The number of likely N-dealkylation sites (tertiary alicyclic amines) is 1. The maximum absolute atomic E-state index is 12.9. The molecule has 2 aliphatic heterocycles. The van der Waals surface area contributed by atoms with Gasteiger partial charge in [0.25, 0.3) is 5.56 Å². The number of fused-ring (bicyclic) bond motifs is 2. The molecule has 0 radical (unpaired) electrons. The third kappa shape index (κ3) is 5.10. The zero-order valence-electron chi connectivity index (χ0n) is 26.5. The number of ether oxygens (including phenoxy) is 1. The number of halogens is 2. The molecule has 3 aliphatic rings. The summed E-state index contributed by atoms with van der Waals surface area (Å²) < 4.78 is 7.20. The fourth-order valence-electron chi connectivity index (χ4n) is 7.66. The largest absolute Gasteiger partial charge is 0.481 e. The van der Waals surface area contributed by atoms with Crippen molar-refractivity contribution < 1.29 is 9.53 Å². The number of rotatable bonds is 6. The van der Waals surface area contributed by atoms with Crippen LogP contribution in [-0.4, -0.2) is 56.3 Å². The van der Waals surface area contributed by atoms with E-state index in [1.54, 1.807) is 32.6 Å². The number of aromatic nitrogens is 4. The number of hydrogen-bond acceptors (Lipinski definition) is 8. The van der Waals surface area contributed by atoms with Gasteiger partial charge < -0.3 is 15.4 Å². The lowest BCUT2D eigenvalue weighted by Gasteiger charge is -2.28. The highest BCUT2D eigenvalue weighted by Gasteiger charge is 2.46. The van der Waals surface area contributed by atoms with Gasteiger partial charge in [-0.25, -0.2) is 14.6 Å². The van der Waals surface area contributed by atoms with Gasteiger partial charge in [-0.05, 0) is 49.4 Å². The molecule has 1 spiro atoms. The molecule has 2 fully saturated rings. The molecule has 2 atom stereocenters. The highest BCUT2D eigenvalue weighted by atomic mass is 35.5. The highest BCUT2D eigenvalue weighted by Crippen LogP contribution is 2.47. The normalized spacial score (nSPS) is 20.4. The maximum Gasteiger partial charge on any atom is 0.278 e. The number of carbonyl (C=O) groups is 1. The molecule has 244 valence electrons. The number of amides is 1. The molecule has 0 saturated carbocycles. The molecule has 5 heterocycles. The zero-order valence-corrected chi connectivity index (χ0v) is 28.0. The van der Waals surface area contributed by atoms with E-state index >= 15 is 0 Å². The van der Waals surface area contributed by atoms with E-state index in [-0.39, 0.29) is 23.0 Å². The first-order valence-electron chi connectivity index (χ1n) is 16.0. The van der Waals surface area contributed by atoms with Crippen LogP contribution in [0.4, 0.5) is 11.5 Å². The molecular weight excluding hydrogens is 649 g/mol. The Hall–Kier alpha value is -4.51. The quantitative estimate of drug-likeness (QED) is 0.210. The molecule has 12 heteroatoms. The van der Waals surface area contributed by atoms with E-state index in [1.807, 2.05) is 36.4 Å². The lowest BCUT2D eigenvalue weighted by molar-refractivity contribution is -0.119. The van der Waals surface area contributed by atoms with E-state index in [4.69, 9.17) is 32.9 Å². The van der Waals surface area contributed by atoms with E-state index in [9.17, 15) is 9.59 Å². The predicted octanol–water partition coefficient (Wildman–Crippen LogP) is 6.46. The second-order valence-electron chi connectivity index (χ2n) is 12.8. The molecular formula is C36H33Cl2N7O3. The third-order valence-electron chi connectivity index (χ3n) is 10.1. The van der Waals surface area contributed by atoms with Gasteiger partial charge in [-0.3, -0.25) is 14.5 Å². The van der Waals surface area contributed by atoms with Crippen LogP contribution in [0.3, 0.4) is 0 Å². The Kier molecular flexibility index (Phi) is 7.62. The summed E-state index contributed by atoms with van der Waals surface area (Å²) in [6.07, 6.45) is 7.60. The van der Waals surface area contributed by atoms with Crippen LogP contribution in [0, 0.1) is 0 Å². The van der Waals surface area contributed by atoms with E-state index in [1.165, 1.54) is 10.2 Å². The molecule has 5 aromatic rings. The van der Waals surface area contributed by atoms with E-state index in [2.05, 4.69) is 31.7 Å². The molecule has 1 aliphatic carbocycles. The van der Waals surface area contributed by atoms with Crippen molar-refractivity contribution in [1.29, 1.82) is 0 Å². The first-order chi connectivity index (χ1) is 23.2. The number of nitrogens with one attached hydrogen (secondary N) is 2. The zero-order chi connectivity index (χ0) is 33.2. The number of aryl methyl sites for hydroxylation is 2. The Morgan fingerprint density at radius 3 is 2.60 bits per heavy atom. The van der Waals surface area contributed by atoms with Crippen molar-refractivity contribution in [1.82, 2.24) is 30.0 Å². The summed E-state index contributed by atoms with van der Waals surface area (Å²) in [5, 5.41) is 12.7. The van der Waals surface area contributed by atoms with Crippen LogP contribution < -0.4 is 20.9 Å². The summed E-state index contributed by atoms with van der Waals surface area (Å²) in [4.78, 5) is 36.9. The molecule has 2 N–H and O–H groups in total. The Morgan fingerprint density at radius 2 is 1.81 bits per heavy atom. The molecule has 2 aromatic carbocycles. The van der Waals surface area contributed by atoms with Gasteiger partial charge in [-0.2, -0.15) is 5.10 Å². The lowest BCUT2D eigenvalue weighted by Crippen LogP contribution is -2.44. The minimum atomic E-state index is -0.263. The Morgan fingerprint density at radius 1 is 1.02 bits per heavy atom. The van der Waals surface area contributed by atoms with Gasteiger partial charge in [0, 0.05) is 66.4 Å². The van der Waals surface area contributed by atoms with E-state index in [0.29, 0.717) is 44.6 Å². The Balaban J connectivity index is 1.12. The summed E-state index contributed by atoms with van der Waals surface area (Å²) in [5.41, 5.74) is 5.51. The number of pyridine rings is 2. The van der Waals surface area contributed by atoms with Crippen LogP contribution in [0.2, 0.25) is 10.0 Å². The van der Waals surface area contributed by atoms with E-state index < -0.39 is 0 Å². The van der Waals surface area contributed by atoms with Crippen LogP contribution >= 0.6 is 23.2 Å². The fraction of sp³-hybridized carbons (Fsp3) is 0.306. The van der Waals surface area contributed by atoms with Crippen LogP contribution in [0.1, 0.15) is 42.9 Å². The summed E-state index contributed by atoms with van der Waals surface area (Å²) in [5.74, 6) is 1.15. The molecule has 0 bridgehead atoms. The van der Waals surface area contributed by atoms with Crippen LogP contribution in [0.15, 0.2) is 65.7 Å². The minimum Gasteiger partial charge on any atom is -0.481 e. The van der Waals surface area contributed by atoms with Crippen LogP contribution in [-0.2, 0) is 18.3 Å². The monoisotopic (exact) mass is 681 g/mol. The van der Waals surface area contributed by atoms with Crippen molar-refractivity contribution >= 4 is 51.4 Å². The number of benzene rings is 2. The summed E-state index contributed by atoms with van der Waals surface area (Å²) in [6.45, 7) is 1.78. The third-order valence-corrected chi connectivity index (χ3v) is 10.9. The molecule has 1 amide bonds. The number of anilines is 2. The molecule has 0 unspecified atom stereocenters. The standard InChI is InChI=1S/C36H33Cl2N7O3/c1-44-35(47)30-21(18-40-44)12-15-39-33(30)41-25-8-4-6-23(32(25)38)22-5-3-7-24(31(22)37)26-17-20-9-10-27(29(20)34(42-26)48-2)45-16-14-36(19-45)13-11-28(46)43-36/h3-8,12,15,17-18,27H,9-11,13-14,16,19H2,1-2H3,(H,39,41)(H,43,46)/t27-,36+/m0/s1. The fourth-order valence-corrected chi connectivity index (χ4v) is 8.26. The number of hydrogen-bond donors (Lipinski definition) is 2. The topological polar surface area (TPSA) is 114 Å². The lowest BCUT2D eigenvalue weighted by atomic mass is 9.97. The summed E-state index contributed by atoms with van der Waals surface area (Å²) in [6, 6.07) is 15.5. The second kappa shape index (κ2) is 11.9. The maximum atomic E-state index is 12.9. The van der Waals surface area contributed by atoms with Crippen molar-refractivity contribution in [2.45, 2.75) is 43.7 Å². The number of nitrogens with zero attached hydrogens (tertiary/aromatic N) is 5. The van der Waals surface area contributed by atoms with Crippen molar-refractivity contribution in [3.05, 3.63) is 92.5 Å². The average molecular weight is 683 g/mol. The van der Waals surface area contributed by atoms with Crippen molar-refractivity contribution in [3.8, 4) is 28.3 Å². The molecule has 48 heavy (non-hydrogen) atoms. The molecule has 8 rings (SSSR count). The predicted molar refractivity (Wildman–Crippen MR) is 187 cm³/mol. The van der Waals surface area contributed by atoms with Crippen LogP contribution in [0.25, 0.3) is 33.2 Å². The highest BCUT2D eigenvalue weighted by molar-refractivity contribution is 6.39. The minimum absolute atomic E-state index is 0.109. The van der Waals surface area contributed by atoms with Gasteiger partial charge in [0.2, 0.25) is 11.8 Å². The van der Waals surface area contributed by atoms with Gasteiger partial charge in [0.05, 0.1) is 45.7 Å². The molecule has 2 saturated heterocycles. The van der Waals surface area contributed by atoms with Gasteiger partial charge in [-0.1, -0.05) is 53.5 Å². The molecule has 10 nitrogen and oxygen atoms in total. The number of carbonyl (C=O) groups excluding carboxylic acids is 1. The average Bonchev–Trinajstić information content (AvgIpc) is 3.81. The second-order valence-corrected chi connectivity index (χ2v) is 13.6. The van der Waals surface area contributed by atoms with Crippen molar-refractivity contribution in [2.75, 3.05) is 25.5 Å². The SMILES string of the molecule is COc1nc(-c2cccc(-c3cccc(Nc4nccc5cnn(C)c(=O)c45)c3Cl)c2Cl)cc2c1[C@@H](N1CC[C@]3(CCC(=O)N3)C1)CC2. The van der Waals surface area contributed by atoms with E-state index in [0.717, 1.165) is 66.7 Å². The summed E-state index contributed by atoms with van der Waals surface area (Å²) in [7, 11) is 3.27. The van der Waals surface area contributed by atoms with Gasteiger partial charge in [0.15, 0.2) is 0 Å². The van der Waals surface area contributed by atoms with Gasteiger partial charge in [-0.15, -0.1) is 0 Å². The van der Waals surface area contributed by atoms with Crippen LogP contribution in [0.5, 0.6) is 5.88 Å². The first kappa shape index (κ1) is 30.8. The Labute approximate surface area is 287 Å². The molecule has 3 aromatic heterocycles. The first-order valence-corrected chi connectivity index (χ1v) is 16.8. The van der Waals surface area contributed by atoms with Gasteiger partial charge in [0.1, 0.15) is 5.82 Å². The smallest absolute Gasteiger partial charge is 0.278 e. The summed E-state index contributed by atoms with van der Waals surface area (Å²) >= 11 is 14.2. The van der Waals surface area contributed by atoms with Crippen molar-refractivity contribution in [3.63, 3.8) is 0 Å². The van der Waals surface area contributed by atoms with Crippen molar-refractivity contribution in [2.24, 2.45) is 7.05 Å².